The summed E-state index contributed by atoms with van der Waals surface area (Å²) in [7, 11) is 0. The van der Waals surface area contributed by atoms with Crippen LogP contribution in [0, 0.1) is 11.8 Å². The molecule has 1 saturated heterocycles. The summed E-state index contributed by atoms with van der Waals surface area (Å²) in [6.45, 7) is 13.3. The van der Waals surface area contributed by atoms with E-state index in [1.807, 2.05) is 0 Å². The first-order chi connectivity index (χ1) is 10.0. The SMILES string of the molecule is CCCCCCCN1CC(C)(C2CC2)NCC1CC(C)C. The third-order valence-corrected chi connectivity index (χ3v) is 5.56. The summed E-state index contributed by atoms with van der Waals surface area (Å²) >= 11 is 0. The summed E-state index contributed by atoms with van der Waals surface area (Å²) in [5.74, 6) is 1.75. The summed E-state index contributed by atoms with van der Waals surface area (Å²) in [6, 6.07) is 0.767. The van der Waals surface area contributed by atoms with Gasteiger partial charge in [-0.1, -0.05) is 46.5 Å². The van der Waals surface area contributed by atoms with Crippen LogP contribution in [0.5, 0.6) is 0 Å². The van der Waals surface area contributed by atoms with Crippen molar-refractivity contribution in [3.63, 3.8) is 0 Å². The molecule has 0 aromatic heterocycles. The summed E-state index contributed by atoms with van der Waals surface area (Å²) in [4.78, 5) is 2.83. The molecule has 2 rings (SSSR count). The molecule has 0 aromatic rings. The molecule has 2 atom stereocenters. The van der Waals surface area contributed by atoms with Crippen LogP contribution in [0.2, 0.25) is 0 Å². The molecule has 0 radical (unpaired) electrons. The lowest BCUT2D eigenvalue weighted by molar-refractivity contribution is 0.0629. The molecule has 21 heavy (non-hydrogen) atoms. The third kappa shape index (κ3) is 5.25. The average Bonchev–Trinajstić information content (AvgIpc) is 3.26. The monoisotopic (exact) mass is 294 g/mol. The Labute approximate surface area is 133 Å². The van der Waals surface area contributed by atoms with Gasteiger partial charge in [-0.15, -0.1) is 0 Å². The molecule has 2 fully saturated rings. The van der Waals surface area contributed by atoms with Crippen LogP contribution in [0.25, 0.3) is 0 Å². The highest BCUT2D eigenvalue weighted by atomic mass is 15.3. The molecule has 1 N–H and O–H groups in total. The fraction of sp³-hybridized carbons (Fsp3) is 1.00. The van der Waals surface area contributed by atoms with Gasteiger partial charge in [-0.05, 0) is 51.0 Å². The molecule has 0 spiro atoms. The highest BCUT2D eigenvalue weighted by molar-refractivity contribution is 5.04. The maximum atomic E-state index is 3.91. The molecule has 2 nitrogen and oxygen atoms in total. The minimum absolute atomic E-state index is 0.400. The quantitative estimate of drug-likeness (QED) is 0.632. The van der Waals surface area contributed by atoms with E-state index in [1.165, 1.54) is 71.0 Å². The number of hydrogen-bond acceptors (Lipinski definition) is 2. The molecule has 124 valence electrons. The second-order valence-electron chi connectivity index (χ2n) is 8.24. The van der Waals surface area contributed by atoms with Crippen LogP contribution in [-0.4, -0.2) is 36.1 Å². The fourth-order valence-corrected chi connectivity index (χ4v) is 4.04. The van der Waals surface area contributed by atoms with E-state index in [2.05, 4.69) is 37.9 Å². The molecule has 0 aromatic carbocycles. The maximum absolute atomic E-state index is 3.91. The van der Waals surface area contributed by atoms with Gasteiger partial charge in [0.15, 0.2) is 0 Å². The predicted molar refractivity (Wildman–Crippen MR) is 92.7 cm³/mol. The minimum atomic E-state index is 0.400. The van der Waals surface area contributed by atoms with Crippen molar-refractivity contribution in [2.45, 2.75) is 90.6 Å². The Balaban J connectivity index is 1.83. The van der Waals surface area contributed by atoms with Crippen molar-refractivity contribution in [2.75, 3.05) is 19.6 Å². The van der Waals surface area contributed by atoms with E-state index in [4.69, 9.17) is 0 Å². The number of nitrogens with one attached hydrogen (secondary N) is 1. The van der Waals surface area contributed by atoms with Gasteiger partial charge in [0.1, 0.15) is 0 Å². The van der Waals surface area contributed by atoms with E-state index in [0.29, 0.717) is 5.54 Å². The van der Waals surface area contributed by atoms with E-state index >= 15 is 0 Å². The Hall–Kier alpha value is -0.0800. The normalized spacial score (nSPS) is 31.0. The largest absolute Gasteiger partial charge is 0.308 e. The first-order valence-corrected chi connectivity index (χ1v) is 9.54. The van der Waals surface area contributed by atoms with Crippen molar-refractivity contribution >= 4 is 0 Å². The van der Waals surface area contributed by atoms with Crippen LogP contribution < -0.4 is 5.32 Å². The standard InChI is InChI=1S/C19H38N2/c1-5-6-7-8-9-12-21-15-19(4,17-10-11-17)20-14-18(21)13-16(2)3/h16-18,20H,5-15H2,1-4H3. The summed E-state index contributed by atoms with van der Waals surface area (Å²) in [5.41, 5.74) is 0.400. The fourth-order valence-electron chi connectivity index (χ4n) is 4.04. The molecule has 2 heteroatoms. The van der Waals surface area contributed by atoms with Gasteiger partial charge < -0.3 is 5.32 Å². The maximum Gasteiger partial charge on any atom is 0.0309 e. The van der Waals surface area contributed by atoms with Crippen LogP contribution in [0.1, 0.15) is 79.1 Å². The van der Waals surface area contributed by atoms with E-state index in [-0.39, 0.29) is 0 Å². The summed E-state index contributed by atoms with van der Waals surface area (Å²) in [6.07, 6.45) is 11.3. The first-order valence-electron chi connectivity index (χ1n) is 9.54. The van der Waals surface area contributed by atoms with E-state index in [0.717, 1.165) is 17.9 Å². The Morgan fingerprint density at radius 2 is 1.86 bits per heavy atom. The van der Waals surface area contributed by atoms with Crippen LogP contribution >= 0.6 is 0 Å². The van der Waals surface area contributed by atoms with Gasteiger partial charge in [-0.2, -0.15) is 0 Å². The molecule has 0 amide bonds. The van der Waals surface area contributed by atoms with Crippen molar-refractivity contribution < 1.29 is 0 Å². The zero-order valence-corrected chi connectivity index (χ0v) is 15.0. The van der Waals surface area contributed by atoms with Crippen molar-refractivity contribution in [3.05, 3.63) is 0 Å². The molecule has 2 unspecified atom stereocenters. The number of unbranched alkanes of at least 4 members (excludes halogenated alkanes) is 4. The average molecular weight is 295 g/mol. The van der Waals surface area contributed by atoms with Crippen molar-refractivity contribution in [2.24, 2.45) is 11.8 Å². The predicted octanol–water partition coefficient (Wildman–Crippen LogP) is 4.45. The Bertz CT molecular complexity index is 298. The third-order valence-electron chi connectivity index (χ3n) is 5.56. The first kappa shape index (κ1) is 17.3. The van der Waals surface area contributed by atoms with Gasteiger partial charge in [-0.3, -0.25) is 4.90 Å². The molecule has 2 aliphatic rings. The van der Waals surface area contributed by atoms with Gasteiger partial charge in [0, 0.05) is 24.7 Å². The number of nitrogens with zero attached hydrogens (tertiary/aromatic N) is 1. The Kier molecular flexibility index (Phi) is 6.55. The molecule has 1 aliphatic carbocycles. The Morgan fingerprint density at radius 1 is 1.14 bits per heavy atom. The van der Waals surface area contributed by atoms with E-state index < -0.39 is 0 Å². The summed E-state index contributed by atoms with van der Waals surface area (Å²) < 4.78 is 0. The van der Waals surface area contributed by atoms with Crippen molar-refractivity contribution in [3.8, 4) is 0 Å². The zero-order chi connectivity index (χ0) is 15.3. The summed E-state index contributed by atoms with van der Waals surface area (Å²) in [5, 5.41) is 3.91. The molecule has 0 bridgehead atoms. The highest BCUT2D eigenvalue weighted by Crippen LogP contribution is 2.41. The van der Waals surface area contributed by atoms with Crippen molar-refractivity contribution in [1.29, 1.82) is 0 Å². The smallest absolute Gasteiger partial charge is 0.0309 e. The molecule has 1 aliphatic heterocycles. The van der Waals surface area contributed by atoms with E-state index in [1.54, 1.807) is 0 Å². The molecule has 1 saturated carbocycles. The lowest BCUT2D eigenvalue weighted by Gasteiger charge is -2.47. The van der Waals surface area contributed by atoms with Gasteiger partial charge in [0.05, 0.1) is 0 Å². The molecule has 1 heterocycles. The van der Waals surface area contributed by atoms with Crippen molar-refractivity contribution in [1.82, 2.24) is 10.2 Å². The van der Waals surface area contributed by atoms with Crippen LogP contribution in [0.4, 0.5) is 0 Å². The number of hydrogen-bond donors (Lipinski definition) is 1. The molecular formula is C19H38N2. The second-order valence-corrected chi connectivity index (χ2v) is 8.24. The van der Waals surface area contributed by atoms with Gasteiger partial charge in [0.25, 0.3) is 0 Å². The number of piperazine rings is 1. The van der Waals surface area contributed by atoms with Gasteiger partial charge in [-0.25, -0.2) is 0 Å². The van der Waals surface area contributed by atoms with Gasteiger partial charge in [0.2, 0.25) is 0 Å². The lowest BCUT2D eigenvalue weighted by Crippen LogP contribution is -2.64. The zero-order valence-electron chi connectivity index (χ0n) is 15.0. The second kappa shape index (κ2) is 7.97. The lowest BCUT2D eigenvalue weighted by atomic mass is 9.88. The van der Waals surface area contributed by atoms with E-state index in [9.17, 15) is 0 Å². The number of rotatable bonds is 9. The molecular weight excluding hydrogens is 256 g/mol. The van der Waals surface area contributed by atoms with Gasteiger partial charge >= 0.3 is 0 Å². The van der Waals surface area contributed by atoms with Crippen LogP contribution in [0.15, 0.2) is 0 Å². The highest BCUT2D eigenvalue weighted by Gasteiger charge is 2.45. The van der Waals surface area contributed by atoms with Crippen LogP contribution in [-0.2, 0) is 0 Å². The Morgan fingerprint density at radius 3 is 2.48 bits per heavy atom. The topological polar surface area (TPSA) is 15.3 Å². The minimum Gasteiger partial charge on any atom is -0.308 e. The van der Waals surface area contributed by atoms with Crippen LogP contribution in [0.3, 0.4) is 0 Å².